The smallest absolute Gasteiger partial charge is 0.270 e. The highest BCUT2D eigenvalue weighted by molar-refractivity contribution is 7.99. The summed E-state index contributed by atoms with van der Waals surface area (Å²) < 4.78 is 5.05. The average molecular weight is 293 g/mol. The van der Waals surface area contributed by atoms with Gasteiger partial charge in [0.2, 0.25) is 5.16 Å². The van der Waals surface area contributed by atoms with Gasteiger partial charge in [-0.15, -0.1) is 5.10 Å². The molecule has 0 fully saturated rings. The first-order valence-electron chi connectivity index (χ1n) is 5.99. The molecule has 0 radical (unpaired) electrons. The van der Waals surface area contributed by atoms with Crippen LogP contribution in [0.1, 0.15) is 16.3 Å². The molecule has 7 nitrogen and oxygen atoms in total. The molecule has 20 heavy (non-hydrogen) atoms. The van der Waals surface area contributed by atoms with Crippen molar-refractivity contribution in [3.8, 4) is 5.75 Å². The normalized spacial score (nSPS) is 10.3. The SMILES string of the molecule is COc1ccnc(C(=O)NCCSc2n[nH]c(C)n2)c1. The lowest BCUT2D eigenvalue weighted by Gasteiger charge is -2.05. The van der Waals surface area contributed by atoms with Crippen LogP contribution in [0.2, 0.25) is 0 Å². The van der Waals surface area contributed by atoms with Gasteiger partial charge in [0.15, 0.2) is 0 Å². The number of aromatic nitrogens is 4. The molecule has 0 saturated carbocycles. The summed E-state index contributed by atoms with van der Waals surface area (Å²) in [5.41, 5.74) is 0.336. The maximum absolute atomic E-state index is 11.9. The van der Waals surface area contributed by atoms with Gasteiger partial charge in [-0.1, -0.05) is 11.8 Å². The Morgan fingerprint density at radius 1 is 1.55 bits per heavy atom. The van der Waals surface area contributed by atoms with E-state index in [-0.39, 0.29) is 5.91 Å². The predicted octanol–water partition coefficient (Wildman–Crippen LogP) is 1.04. The van der Waals surface area contributed by atoms with Crippen LogP contribution < -0.4 is 10.1 Å². The van der Waals surface area contributed by atoms with Crippen molar-refractivity contribution in [2.75, 3.05) is 19.4 Å². The average Bonchev–Trinajstić information content (AvgIpc) is 2.89. The third kappa shape index (κ3) is 3.95. The molecule has 2 N–H and O–H groups in total. The van der Waals surface area contributed by atoms with Crippen molar-refractivity contribution < 1.29 is 9.53 Å². The third-order valence-electron chi connectivity index (χ3n) is 2.40. The number of pyridine rings is 1. The highest BCUT2D eigenvalue weighted by Crippen LogP contribution is 2.11. The van der Waals surface area contributed by atoms with E-state index in [0.717, 1.165) is 5.82 Å². The topological polar surface area (TPSA) is 92.8 Å². The number of nitrogens with zero attached hydrogens (tertiary/aromatic N) is 3. The number of hydrogen-bond acceptors (Lipinski definition) is 6. The maximum Gasteiger partial charge on any atom is 0.270 e. The molecule has 0 bridgehead atoms. The Labute approximate surface area is 120 Å². The molecule has 0 unspecified atom stereocenters. The summed E-state index contributed by atoms with van der Waals surface area (Å²) in [5.74, 6) is 1.84. The summed E-state index contributed by atoms with van der Waals surface area (Å²) in [5, 5.41) is 10.2. The van der Waals surface area contributed by atoms with Crippen molar-refractivity contribution in [2.24, 2.45) is 0 Å². The van der Waals surface area contributed by atoms with E-state index in [2.05, 4.69) is 25.5 Å². The molecule has 106 valence electrons. The van der Waals surface area contributed by atoms with Gasteiger partial charge in [-0.25, -0.2) is 4.98 Å². The van der Waals surface area contributed by atoms with Crippen LogP contribution >= 0.6 is 11.8 Å². The lowest BCUT2D eigenvalue weighted by atomic mass is 10.3. The van der Waals surface area contributed by atoms with Crippen molar-refractivity contribution >= 4 is 17.7 Å². The summed E-state index contributed by atoms with van der Waals surface area (Å²) in [4.78, 5) is 20.0. The second kappa shape index (κ2) is 6.90. The highest BCUT2D eigenvalue weighted by atomic mass is 32.2. The van der Waals surface area contributed by atoms with Crippen molar-refractivity contribution in [1.82, 2.24) is 25.5 Å². The molecule has 2 aromatic heterocycles. The number of nitrogens with one attached hydrogen (secondary N) is 2. The third-order valence-corrected chi connectivity index (χ3v) is 3.24. The van der Waals surface area contributed by atoms with Gasteiger partial charge in [0.25, 0.3) is 5.91 Å². The molecule has 2 heterocycles. The van der Waals surface area contributed by atoms with Gasteiger partial charge in [-0.05, 0) is 13.0 Å². The summed E-state index contributed by atoms with van der Waals surface area (Å²) >= 11 is 1.47. The molecule has 0 spiro atoms. The van der Waals surface area contributed by atoms with E-state index >= 15 is 0 Å². The second-order valence-electron chi connectivity index (χ2n) is 3.89. The number of H-pyrrole nitrogens is 1. The summed E-state index contributed by atoms with van der Waals surface area (Å²) in [6.07, 6.45) is 1.54. The fourth-order valence-electron chi connectivity index (χ4n) is 1.45. The largest absolute Gasteiger partial charge is 0.497 e. The number of amides is 1. The number of aryl methyl sites for hydroxylation is 1. The molecular weight excluding hydrogens is 278 g/mol. The van der Waals surface area contributed by atoms with Crippen LogP contribution in [-0.4, -0.2) is 45.5 Å². The molecule has 0 atom stereocenters. The molecule has 1 amide bonds. The van der Waals surface area contributed by atoms with E-state index in [9.17, 15) is 4.79 Å². The molecule has 2 rings (SSSR count). The van der Waals surface area contributed by atoms with Crippen LogP contribution in [0.25, 0.3) is 0 Å². The van der Waals surface area contributed by atoms with Gasteiger partial charge in [0.05, 0.1) is 7.11 Å². The van der Waals surface area contributed by atoms with Gasteiger partial charge >= 0.3 is 0 Å². The number of rotatable bonds is 6. The Morgan fingerprint density at radius 2 is 2.40 bits per heavy atom. The zero-order chi connectivity index (χ0) is 14.4. The zero-order valence-electron chi connectivity index (χ0n) is 11.2. The van der Waals surface area contributed by atoms with Crippen LogP contribution in [0, 0.1) is 6.92 Å². The van der Waals surface area contributed by atoms with E-state index in [0.29, 0.717) is 28.9 Å². The van der Waals surface area contributed by atoms with E-state index in [1.807, 2.05) is 6.92 Å². The Kier molecular flexibility index (Phi) is 4.94. The van der Waals surface area contributed by atoms with Gasteiger partial charge in [-0.2, -0.15) is 0 Å². The van der Waals surface area contributed by atoms with Crippen molar-refractivity contribution in [3.63, 3.8) is 0 Å². The van der Waals surface area contributed by atoms with E-state index in [1.54, 1.807) is 25.4 Å². The molecule has 0 aliphatic rings. The Bertz CT molecular complexity index is 587. The van der Waals surface area contributed by atoms with Gasteiger partial charge in [0, 0.05) is 24.6 Å². The standard InChI is InChI=1S/C12H15N5O2S/c1-8-15-12(17-16-8)20-6-5-14-11(18)10-7-9(19-2)3-4-13-10/h3-4,7H,5-6H2,1-2H3,(H,14,18)(H,15,16,17). The number of hydrogen-bond donors (Lipinski definition) is 2. The second-order valence-corrected chi connectivity index (χ2v) is 4.95. The monoisotopic (exact) mass is 293 g/mol. The molecule has 2 aromatic rings. The molecule has 0 aromatic carbocycles. The Morgan fingerprint density at radius 3 is 3.10 bits per heavy atom. The fourth-order valence-corrected chi connectivity index (χ4v) is 2.14. The number of carbonyl (C=O) groups excluding carboxylic acids is 1. The minimum Gasteiger partial charge on any atom is -0.497 e. The fraction of sp³-hybridized carbons (Fsp3) is 0.333. The van der Waals surface area contributed by atoms with Crippen LogP contribution in [0.15, 0.2) is 23.5 Å². The molecule has 8 heteroatoms. The van der Waals surface area contributed by atoms with E-state index < -0.39 is 0 Å². The van der Waals surface area contributed by atoms with Crippen LogP contribution in [0.3, 0.4) is 0 Å². The number of carbonyl (C=O) groups is 1. The van der Waals surface area contributed by atoms with E-state index in [4.69, 9.17) is 4.74 Å². The van der Waals surface area contributed by atoms with Gasteiger partial charge in [-0.3, -0.25) is 14.9 Å². The lowest BCUT2D eigenvalue weighted by Crippen LogP contribution is -2.26. The lowest BCUT2D eigenvalue weighted by molar-refractivity contribution is 0.0951. The number of ether oxygens (including phenoxy) is 1. The molecular formula is C12H15N5O2S. The molecule has 0 aliphatic heterocycles. The molecule has 0 aliphatic carbocycles. The minimum atomic E-state index is -0.226. The quantitative estimate of drug-likeness (QED) is 0.610. The summed E-state index contributed by atoms with van der Waals surface area (Å²) in [7, 11) is 1.55. The minimum absolute atomic E-state index is 0.226. The predicted molar refractivity (Wildman–Crippen MR) is 75.0 cm³/mol. The first-order valence-corrected chi connectivity index (χ1v) is 6.97. The Hall–Kier alpha value is -2.09. The zero-order valence-corrected chi connectivity index (χ0v) is 12.0. The van der Waals surface area contributed by atoms with Crippen molar-refractivity contribution in [3.05, 3.63) is 29.8 Å². The first-order chi connectivity index (χ1) is 9.69. The number of thioether (sulfide) groups is 1. The van der Waals surface area contributed by atoms with Crippen LogP contribution in [0.4, 0.5) is 0 Å². The number of methoxy groups -OCH3 is 1. The van der Waals surface area contributed by atoms with Crippen molar-refractivity contribution in [2.45, 2.75) is 12.1 Å². The first kappa shape index (κ1) is 14.3. The van der Waals surface area contributed by atoms with Gasteiger partial charge < -0.3 is 10.1 Å². The van der Waals surface area contributed by atoms with E-state index in [1.165, 1.54) is 11.8 Å². The van der Waals surface area contributed by atoms with Gasteiger partial charge in [0.1, 0.15) is 17.3 Å². The maximum atomic E-state index is 11.9. The summed E-state index contributed by atoms with van der Waals surface area (Å²) in [6, 6.07) is 3.29. The number of aromatic amines is 1. The highest BCUT2D eigenvalue weighted by Gasteiger charge is 2.08. The summed E-state index contributed by atoms with van der Waals surface area (Å²) in [6.45, 7) is 2.35. The van der Waals surface area contributed by atoms with Crippen LogP contribution in [-0.2, 0) is 0 Å². The van der Waals surface area contributed by atoms with Crippen LogP contribution in [0.5, 0.6) is 5.75 Å². The van der Waals surface area contributed by atoms with Crippen molar-refractivity contribution in [1.29, 1.82) is 0 Å². The molecule has 0 saturated heterocycles. The Balaban J connectivity index is 1.77.